The fourth-order valence-electron chi connectivity index (χ4n) is 5.90. The van der Waals surface area contributed by atoms with Crippen molar-refractivity contribution in [3.63, 3.8) is 0 Å². The molecule has 3 aromatic carbocycles. The maximum atomic E-state index is 13.7. The van der Waals surface area contributed by atoms with Crippen molar-refractivity contribution in [3.05, 3.63) is 95.1 Å². The van der Waals surface area contributed by atoms with Crippen molar-refractivity contribution >= 4 is 46.6 Å². The Kier molecular flexibility index (Phi) is 4.79. The van der Waals surface area contributed by atoms with Gasteiger partial charge in [0.05, 0.1) is 18.9 Å². The molecule has 0 saturated carbocycles. The number of carbonyl (C=O) groups excluding carboxylic acids is 3. The van der Waals surface area contributed by atoms with Crippen LogP contribution in [0, 0.1) is 11.8 Å². The lowest BCUT2D eigenvalue weighted by Crippen LogP contribution is -2.57. The number of hydrogen-bond donors (Lipinski definition) is 1. The Bertz CT molecular complexity index is 1280. The van der Waals surface area contributed by atoms with E-state index in [4.69, 9.17) is 27.9 Å². The number of carbonyl (C=O) groups is 3. The van der Waals surface area contributed by atoms with E-state index in [1.165, 1.54) is 0 Å². The summed E-state index contributed by atoms with van der Waals surface area (Å²) in [7, 11) is 1.55. The molecule has 2 atom stereocenters. The van der Waals surface area contributed by atoms with Crippen molar-refractivity contribution in [2.45, 2.75) is 9.75 Å². The molecular formula is C27H20Cl2N2O4. The number of benzene rings is 3. The van der Waals surface area contributed by atoms with Gasteiger partial charge in [0.25, 0.3) is 0 Å². The Labute approximate surface area is 211 Å². The number of alkyl halides is 2. The number of anilines is 1. The Morgan fingerprint density at radius 3 is 1.66 bits per heavy atom. The van der Waals surface area contributed by atoms with Crippen molar-refractivity contribution < 1.29 is 19.1 Å². The van der Waals surface area contributed by atoms with Crippen LogP contribution in [0.4, 0.5) is 5.69 Å². The van der Waals surface area contributed by atoms with Crippen LogP contribution in [0.2, 0.25) is 0 Å². The molecule has 0 unspecified atom stereocenters. The molecule has 8 heteroatoms. The Morgan fingerprint density at radius 2 is 1.26 bits per heavy atom. The van der Waals surface area contributed by atoms with Gasteiger partial charge in [-0.1, -0.05) is 48.5 Å². The van der Waals surface area contributed by atoms with E-state index in [1.54, 1.807) is 31.4 Å². The van der Waals surface area contributed by atoms with Crippen LogP contribution in [-0.4, -0.2) is 36.3 Å². The largest absolute Gasteiger partial charge is 0.497 e. The second-order valence-electron chi connectivity index (χ2n) is 9.01. The molecule has 6 nitrogen and oxygen atoms in total. The van der Waals surface area contributed by atoms with Gasteiger partial charge in [0, 0.05) is 5.69 Å². The molecule has 35 heavy (non-hydrogen) atoms. The normalized spacial score (nSPS) is 27.8. The van der Waals surface area contributed by atoms with Crippen LogP contribution < -0.4 is 10.1 Å². The molecule has 1 saturated heterocycles. The van der Waals surface area contributed by atoms with Gasteiger partial charge in [0.2, 0.25) is 17.7 Å². The molecule has 3 amide bonds. The van der Waals surface area contributed by atoms with Crippen molar-refractivity contribution in [2.75, 3.05) is 19.0 Å². The molecule has 3 aromatic rings. The van der Waals surface area contributed by atoms with Gasteiger partial charge in [0.15, 0.2) is 0 Å². The predicted molar refractivity (Wildman–Crippen MR) is 131 cm³/mol. The van der Waals surface area contributed by atoms with E-state index in [-0.39, 0.29) is 0 Å². The fraction of sp³-hybridized carbons (Fsp3) is 0.222. The lowest BCUT2D eigenvalue weighted by Gasteiger charge is -2.54. The van der Waals surface area contributed by atoms with E-state index >= 15 is 0 Å². The molecule has 7 rings (SSSR count). The van der Waals surface area contributed by atoms with Gasteiger partial charge in [-0.25, -0.2) is 0 Å². The van der Waals surface area contributed by atoms with Gasteiger partial charge in [0.1, 0.15) is 22.0 Å². The van der Waals surface area contributed by atoms with Crippen LogP contribution in [0.1, 0.15) is 22.3 Å². The van der Waals surface area contributed by atoms with E-state index in [9.17, 15) is 14.4 Å². The van der Waals surface area contributed by atoms with Crippen LogP contribution in [0.25, 0.3) is 0 Å². The molecule has 0 radical (unpaired) electrons. The molecule has 1 fully saturated rings. The topological polar surface area (TPSA) is 75.7 Å². The predicted octanol–water partition coefficient (Wildman–Crippen LogP) is 4.23. The number of nitrogens with zero attached hydrogens (tertiary/aromatic N) is 1. The summed E-state index contributed by atoms with van der Waals surface area (Å²) in [5.74, 6) is -2.68. The quantitative estimate of drug-likeness (QED) is 0.424. The minimum atomic E-state index is -1.26. The summed E-state index contributed by atoms with van der Waals surface area (Å²) >= 11 is 14.7. The first-order valence-electron chi connectivity index (χ1n) is 11.2. The van der Waals surface area contributed by atoms with E-state index < -0.39 is 45.9 Å². The van der Waals surface area contributed by atoms with E-state index in [0.29, 0.717) is 11.4 Å². The fourth-order valence-corrected chi connectivity index (χ4v) is 7.00. The van der Waals surface area contributed by atoms with Crippen LogP contribution in [-0.2, 0) is 24.1 Å². The van der Waals surface area contributed by atoms with E-state index in [2.05, 4.69) is 5.32 Å². The monoisotopic (exact) mass is 506 g/mol. The van der Waals surface area contributed by atoms with Gasteiger partial charge in [-0.15, -0.1) is 23.2 Å². The number of amides is 3. The maximum Gasteiger partial charge on any atom is 0.244 e. The third kappa shape index (κ3) is 2.81. The number of ether oxygens (including phenoxy) is 1. The number of rotatable bonds is 4. The van der Waals surface area contributed by atoms with Gasteiger partial charge in [-0.2, -0.15) is 0 Å². The summed E-state index contributed by atoms with van der Waals surface area (Å²) in [5, 5.41) is 2.73. The number of hydrogen-bond acceptors (Lipinski definition) is 4. The van der Waals surface area contributed by atoms with Crippen LogP contribution in [0.5, 0.6) is 5.75 Å². The molecule has 1 N–H and O–H groups in total. The van der Waals surface area contributed by atoms with Crippen molar-refractivity contribution in [3.8, 4) is 5.75 Å². The molecule has 1 heterocycles. The molecular weight excluding hydrogens is 487 g/mol. The van der Waals surface area contributed by atoms with Crippen LogP contribution >= 0.6 is 23.2 Å². The van der Waals surface area contributed by atoms with Crippen molar-refractivity contribution in [2.24, 2.45) is 11.8 Å². The Morgan fingerprint density at radius 1 is 0.829 bits per heavy atom. The standard InChI is InChI=1S/C27H20Cl2N2O4/c1-35-16-12-10-15(11-13-16)30-21(32)14-31-24(33)22-23(25(31)34)27(29)18-7-3-2-6-17(18)26(22,28)19-8-4-5-9-20(19)27/h2-13,22-23H,14H2,1H3,(H,30,32)/t22-,23-,26?,27?/m1/s1. The first-order valence-corrected chi connectivity index (χ1v) is 11.9. The first kappa shape index (κ1) is 22.1. The molecule has 3 aliphatic carbocycles. The summed E-state index contributed by atoms with van der Waals surface area (Å²) in [5.41, 5.74) is 3.42. The zero-order chi connectivity index (χ0) is 24.5. The van der Waals surface area contributed by atoms with Gasteiger partial charge >= 0.3 is 0 Å². The highest BCUT2D eigenvalue weighted by atomic mass is 35.5. The third-order valence-electron chi connectivity index (χ3n) is 7.35. The highest BCUT2D eigenvalue weighted by Gasteiger charge is 2.73. The summed E-state index contributed by atoms with van der Waals surface area (Å²) in [6.45, 7) is -0.427. The van der Waals surface area contributed by atoms with E-state index in [0.717, 1.165) is 27.2 Å². The second kappa shape index (κ2) is 7.57. The van der Waals surface area contributed by atoms with Gasteiger partial charge < -0.3 is 10.1 Å². The number of halogens is 2. The third-order valence-corrected chi connectivity index (χ3v) is 8.64. The maximum absolute atomic E-state index is 13.7. The minimum absolute atomic E-state index is 0.427. The van der Waals surface area contributed by atoms with Gasteiger partial charge in [-0.3, -0.25) is 19.3 Å². The first-order chi connectivity index (χ1) is 16.8. The number of likely N-dealkylation sites (tertiary alicyclic amines) is 1. The molecule has 1 aliphatic heterocycles. The summed E-state index contributed by atoms with van der Waals surface area (Å²) in [4.78, 5) is 38.8. The molecule has 0 spiro atoms. The number of nitrogens with one attached hydrogen (secondary N) is 1. The average molecular weight is 507 g/mol. The number of imide groups is 1. The number of methoxy groups -OCH3 is 1. The smallest absolute Gasteiger partial charge is 0.244 e. The molecule has 2 bridgehead atoms. The Balaban J connectivity index is 1.39. The molecule has 4 aliphatic rings. The highest BCUT2D eigenvalue weighted by molar-refractivity contribution is 6.36. The molecule has 0 aromatic heterocycles. The summed E-state index contributed by atoms with van der Waals surface area (Å²) < 4.78 is 5.13. The minimum Gasteiger partial charge on any atom is -0.497 e. The highest BCUT2D eigenvalue weighted by Crippen LogP contribution is 2.69. The zero-order valence-corrected chi connectivity index (χ0v) is 20.1. The van der Waals surface area contributed by atoms with Crippen molar-refractivity contribution in [1.29, 1.82) is 0 Å². The zero-order valence-electron chi connectivity index (χ0n) is 18.6. The average Bonchev–Trinajstić information content (AvgIpc) is 3.13. The lowest BCUT2D eigenvalue weighted by atomic mass is 9.54. The SMILES string of the molecule is COc1ccc(NC(=O)CN2C(=O)[C@H]3[C@H](C2=O)C2(Cl)c4ccccc4C3(Cl)c3ccccc32)cc1. The summed E-state index contributed by atoms with van der Waals surface area (Å²) in [6.07, 6.45) is 0. The van der Waals surface area contributed by atoms with Crippen LogP contribution in [0.15, 0.2) is 72.8 Å². The van der Waals surface area contributed by atoms with Crippen molar-refractivity contribution in [1.82, 2.24) is 4.90 Å². The molecule has 176 valence electrons. The Hall–Kier alpha value is -3.35. The summed E-state index contributed by atoms with van der Waals surface area (Å²) in [6, 6.07) is 21.6. The van der Waals surface area contributed by atoms with Crippen LogP contribution in [0.3, 0.4) is 0 Å². The second-order valence-corrected chi connectivity index (χ2v) is 10.2. The van der Waals surface area contributed by atoms with E-state index in [1.807, 2.05) is 48.5 Å². The lowest BCUT2D eigenvalue weighted by molar-refractivity contribution is -0.142. The van der Waals surface area contributed by atoms with Gasteiger partial charge in [-0.05, 0) is 46.5 Å².